The molecule has 1 amide bonds. The monoisotopic (exact) mass is 384 g/mol. The summed E-state index contributed by atoms with van der Waals surface area (Å²) < 4.78 is 18.8. The lowest BCUT2D eigenvalue weighted by atomic mass is 10.1. The highest BCUT2D eigenvalue weighted by Crippen LogP contribution is 2.30. The minimum Gasteiger partial charge on any atom is -0.493 e. The lowest BCUT2D eigenvalue weighted by molar-refractivity contribution is -0.116. The first-order valence-electron chi connectivity index (χ1n) is 8.74. The van der Waals surface area contributed by atoms with Gasteiger partial charge in [0, 0.05) is 16.9 Å². The number of anilines is 1. The summed E-state index contributed by atoms with van der Waals surface area (Å²) in [5.74, 6) is 0.466. The van der Waals surface area contributed by atoms with Crippen LogP contribution in [0.5, 0.6) is 5.75 Å². The highest BCUT2D eigenvalue weighted by molar-refractivity contribution is 7.16. The number of carbonyl (C=O) groups excluding carboxylic acids is 1. The fraction of sp³-hybridized carbons (Fsp3) is 0.238. The Morgan fingerprint density at radius 2 is 1.89 bits per heavy atom. The topological polar surface area (TPSA) is 51.2 Å². The number of aryl methyl sites for hydroxylation is 2. The number of amides is 1. The van der Waals surface area contributed by atoms with Crippen LogP contribution in [0.3, 0.4) is 0 Å². The van der Waals surface area contributed by atoms with E-state index in [1.54, 1.807) is 12.1 Å². The third-order valence-corrected chi connectivity index (χ3v) is 4.95. The van der Waals surface area contributed by atoms with Gasteiger partial charge in [-0.25, -0.2) is 9.37 Å². The Labute approximate surface area is 162 Å². The van der Waals surface area contributed by atoms with Gasteiger partial charge in [0.2, 0.25) is 5.91 Å². The van der Waals surface area contributed by atoms with Gasteiger partial charge in [-0.2, -0.15) is 0 Å². The number of hydrogen-bond donors (Lipinski definition) is 1. The molecule has 0 aliphatic heterocycles. The molecule has 4 nitrogen and oxygen atoms in total. The standard InChI is InChI=1S/C21H21FN2O2S/c1-14-6-3-4-7-18(14)26-13-5-8-19(25)23-21-24-20(15(2)27-21)16-9-11-17(22)12-10-16/h3-4,6-7,9-12H,5,8,13H2,1-2H3,(H,23,24,25). The van der Waals surface area contributed by atoms with E-state index in [9.17, 15) is 9.18 Å². The molecule has 1 N–H and O–H groups in total. The van der Waals surface area contributed by atoms with Crippen molar-refractivity contribution in [2.24, 2.45) is 0 Å². The average Bonchev–Trinajstić information content (AvgIpc) is 3.01. The molecule has 0 atom stereocenters. The van der Waals surface area contributed by atoms with Crippen LogP contribution in [0.2, 0.25) is 0 Å². The number of aromatic nitrogens is 1. The van der Waals surface area contributed by atoms with Gasteiger partial charge in [0.25, 0.3) is 0 Å². The molecule has 0 aliphatic carbocycles. The Balaban J connectivity index is 1.50. The summed E-state index contributed by atoms with van der Waals surface area (Å²) in [6.07, 6.45) is 0.978. The first-order valence-corrected chi connectivity index (χ1v) is 9.56. The van der Waals surface area contributed by atoms with Crippen LogP contribution in [0.25, 0.3) is 11.3 Å². The summed E-state index contributed by atoms with van der Waals surface area (Å²) in [7, 11) is 0. The molecule has 0 aliphatic rings. The Morgan fingerprint density at radius 3 is 2.63 bits per heavy atom. The number of halogens is 1. The smallest absolute Gasteiger partial charge is 0.226 e. The van der Waals surface area contributed by atoms with Gasteiger partial charge >= 0.3 is 0 Å². The molecule has 0 saturated carbocycles. The van der Waals surface area contributed by atoms with Crippen molar-refractivity contribution in [3.8, 4) is 17.0 Å². The van der Waals surface area contributed by atoms with E-state index in [-0.39, 0.29) is 11.7 Å². The van der Waals surface area contributed by atoms with Gasteiger partial charge in [0.15, 0.2) is 5.13 Å². The molecule has 0 bridgehead atoms. The highest BCUT2D eigenvalue weighted by Gasteiger charge is 2.12. The molecule has 0 fully saturated rings. The number of carbonyl (C=O) groups is 1. The Bertz CT molecular complexity index is 922. The molecule has 27 heavy (non-hydrogen) atoms. The zero-order valence-electron chi connectivity index (χ0n) is 15.3. The predicted octanol–water partition coefficient (Wildman–Crippen LogP) is 5.36. The number of nitrogens with zero attached hydrogens (tertiary/aromatic N) is 1. The summed E-state index contributed by atoms with van der Waals surface area (Å²) in [5.41, 5.74) is 2.67. The maximum atomic E-state index is 13.1. The van der Waals surface area contributed by atoms with Gasteiger partial charge in [-0.05, 0) is 56.2 Å². The van der Waals surface area contributed by atoms with E-state index >= 15 is 0 Å². The van der Waals surface area contributed by atoms with Crippen molar-refractivity contribution in [2.45, 2.75) is 26.7 Å². The fourth-order valence-electron chi connectivity index (χ4n) is 2.64. The van der Waals surface area contributed by atoms with Gasteiger partial charge in [-0.3, -0.25) is 4.79 Å². The van der Waals surface area contributed by atoms with Crippen LogP contribution in [0.4, 0.5) is 9.52 Å². The second kappa shape index (κ2) is 8.77. The molecule has 140 valence electrons. The van der Waals surface area contributed by atoms with E-state index in [0.29, 0.717) is 24.6 Å². The maximum absolute atomic E-state index is 13.1. The van der Waals surface area contributed by atoms with Crippen LogP contribution >= 0.6 is 11.3 Å². The first kappa shape index (κ1) is 19.0. The predicted molar refractivity (Wildman–Crippen MR) is 107 cm³/mol. The average molecular weight is 384 g/mol. The van der Waals surface area contributed by atoms with Gasteiger partial charge in [0.1, 0.15) is 11.6 Å². The SMILES string of the molecule is Cc1ccccc1OCCCC(=O)Nc1nc(-c2ccc(F)cc2)c(C)s1. The zero-order valence-corrected chi connectivity index (χ0v) is 16.1. The Hall–Kier alpha value is -2.73. The van der Waals surface area contributed by atoms with Gasteiger partial charge in [0.05, 0.1) is 12.3 Å². The van der Waals surface area contributed by atoms with Crippen molar-refractivity contribution in [3.05, 3.63) is 64.8 Å². The van der Waals surface area contributed by atoms with Crippen LogP contribution in [0.1, 0.15) is 23.3 Å². The second-order valence-corrected chi connectivity index (χ2v) is 7.40. The molecule has 0 unspecified atom stereocenters. The molecule has 1 heterocycles. The largest absolute Gasteiger partial charge is 0.493 e. The quantitative estimate of drug-likeness (QED) is 0.558. The Kier molecular flexibility index (Phi) is 6.19. The van der Waals surface area contributed by atoms with Crippen LogP contribution in [-0.4, -0.2) is 17.5 Å². The van der Waals surface area contributed by atoms with Crippen molar-refractivity contribution in [1.82, 2.24) is 4.98 Å². The van der Waals surface area contributed by atoms with E-state index in [0.717, 1.165) is 27.4 Å². The van der Waals surface area contributed by atoms with Crippen molar-refractivity contribution in [1.29, 1.82) is 0 Å². The number of benzene rings is 2. The first-order chi connectivity index (χ1) is 13.0. The summed E-state index contributed by atoms with van der Waals surface area (Å²) in [5, 5.41) is 3.39. The van der Waals surface area contributed by atoms with Gasteiger partial charge in [-0.1, -0.05) is 18.2 Å². The molecule has 3 rings (SSSR count). The van der Waals surface area contributed by atoms with Gasteiger partial charge in [-0.15, -0.1) is 11.3 Å². The minimum atomic E-state index is -0.284. The summed E-state index contributed by atoms with van der Waals surface area (Å²) >= 11 is 1.41. The molecule has 1 aromatic heterocycles. The van der Waals surface area contributed by atoms with E-state index in [1.165, 1.54) is 23.5 Å². The fourth-order valence-corrected chi connectivity index (χ4v) is 3.49. The van der Waals surface area contributed by atoms with Gasteiger partial charge < -0.3 is 10.1 Å². The minimum absolute atomic E-state index is 0.0946. The summed E-state index contributed by atoms with van der Waals surface area (Å²) in [6.45, 7) is 4.41. The van der Waals surface area contributed by atoms with Crippen LogP contribution in [-0.2, 0) is 4.79 Å². The highest BCUT2D eigenvalue weighted by atomic mass is 32.1. The molecular weight excluding hydrogens is 363 g/mol. The molecule has 3 aromatic rings. The van der Waals surface area contributed by atoms with Crippen LogP contribution in [0, 0.1) is 19.7 Å². The van der Waals surface area contributed by atoms with Crippen molar-refractivity contribution in [3.63, 3.8) is 0 Å². The summed E-state index contributed by atoms with van der Waals surface area (Å²) in [6, 6.07) is 14.0. The number of rotatable bonds is 7. The van der Waals surface area contributed by atoms with Crippen molar-refractivity contribution < 1.29 is 13.9 Å². The maximum Gasteiger partial charge on any atom is 0.226 e. The number of hydrogen-bond acceptors (Lipinski definition) is 4. The normalized spacial score (nSPS) is 10.6. The number of nitrogens with one attached hydrogen (secondary N) is 1. The van der Waals surface area contributed by atoms with E-state index in [2.05, 4.69) is 10.3 Å². The van der Waals surface area contributed by atoms with Crippen molar-refractivity contribution in [2.75, 3.05) is 11.9 Å². The number of thiazole rings is 1. The zero-order chi connectivity index (χ0) is 19.2. The summed E-state index contributed by atoms with van der Waals surface area (Å²) in [4.78, 5) is 17.6. The molecule has 6 heteroatoms. The number of ether oxygens (including phenoxy) is 1. The lowest BCUT2D eigenvalue weighted by Gasteiger charge is -2.08. The van der Waals surface area contributed by atoms with Crippen LogP contribution in [0.15, 0.2) is 48.5 Å². The second-order valence-electron chi connectivity index (χ2n) is 6.20. The molecule has 0 saturated heterocycles. The van der Waals surface area contributed by atoms with Crippen LogP contribution < -0.4 is 10.1 Å². The van der Waals surface area contributed by atoms with Crippen molar-refractivity contribution >= 4 is 22.4 Å². The van der Waals surface area contributed by atoms with E-state index in [4.69, 9.17) is 4.74 Å². The molecule has 0 radical (unpaired) electrons. The Morgan fingerprint density at radius 1 is 1.15 bits per heavy atom. The lowest BCUT2D eigenvalue weighted by Crippen LogP contribution is -2.12. The number of para-hydroxylation sites is 1. The molecule has 2 aromatic carbocycles. The third-order valence-electron chi connectivity index (χ3n) is 4.06. The van der Waals surface area contributed by atoms with E-state index in [1.807, 2.05) is 38.1 Å². The third kappa shape index (κ3) is 5.14. The van der Waals surface area contributed by atoms with E-state index < -0.39 is 0 Å². The molecular formula is C21H21FN2O2S. The molecule has 0 spiro atoms.